The summed E-state index contributed by atoms with van der Waals surface area (Å²) in [5.41, 5.74) is 1.60. The van der Waals surface area contributed by atoms with Crippen LogP contribution in [-0.4, -0.2) is 33.9 Å². The summed E-state index contributed by atoms with van der Waals surface area (Å²) < 4.78 is 8.31. The molecule has 86 valence electrons. The SMILES string of the molecule is COCCc1cn2ncc(C(=O)[O-])c2n1C.[Li+]. The van der Waals surface area contributed by atoms with Crippen LogP contribution in [0.25, 0.3) is 5.65 Å². The molecule has 6 nitrogen and oxygen atoms in total. The largest absolute Gasteiger partial charge is 1.00 e. The van der Waals surface area contributed by atoms with Crippen LogP contribution < -0.4 is 24.0 Å². The average Bonchev–Trinajstić information content (AvgIpc) is 2.77. The smallest absolute Gasteiger partial charge is 0.545 e. The number of imidazole rings is 1. The Morgan fingerprint density at radius 2 is 2.29 bits per heavy atom. The fourth-order valence-electron chi connectivity index (χ4n) is 1.73. The average molecular weight is 229 g/mol. The van der Waals surface area contributed by atoms with Gasteiger partial charge in [-0.15, -0.1) is 0 Å². The number of aromatic nitrogens is 3. The number of carbonyl (C=O) groups is 1. The molecule has 0 saturated carbocycles. The minimum absolute atomic E-state index is 0. The number of ether oxygens (including phenoxy) is 1. The second kappa shape index (κ2) is 5.41. The molecule has 0 spiro atoms. The van der Waals surface area contributed by atoms with Crippen LogP contribution in [0.3, 0.4) is 0 Å². The van der Waals surface area contributed by atoms with Crippen molar-refractivity contribution >= 4 is 11.6 Å². The normalized spacial score (nSPS) is 10.5. The van der Waals surface area contributed by atoms with E-state index in [9.17, 15) is 9.90 Å². The van der Waals surface area contributed by atoms with Crippen LogP contribution in [0.1, 0.15) is 16.1 Å². The van der Waals surface area contributed by atoms with E-state index in [0.29, 0.717) is 18.7 Å². The summed E-state index contributed by atoms with van der Waals surface area (Å²) in [5.74, 6) is -1.21. The summed E-state index contributed by atoms with van der Waals surface area (Å²) in [4.78, 5) is 10.8. The molecule has 2 heterocycles. The van der Waals surface area contributed by atoms with Crippen LogP contribution in [0.5, 0.6) is 0 Å². The molecule has 0 unspecified atom stereocenters. The number of carboxylic acid groups (broad SMARTS) is 1. The van der Waals surface area contributed by atoms with Gasteiger partial charge in [-0.25, -0.2) is 4.52 Å². The van der Waals surface area contributed by atoms with E-state index in [1.165, 1.54) is 10.7 Å². The number of methoxy groups -OCH3 is 1. The maximum Gasteiger partial charge on any atom is 1.00 e. The van der Waals surface area contributed by atoms with E-state index < -0.39 is 5.97 Å². The summed E-state index contributed by atoms with van der Waals surface area (Å²) in [7, 11) is 3.43. The van der Waals surface area contributed by atoms with E-state index in [1.54, 1.807) is 24.9 Å². The van der Waals surface area contributed by atoms with Crippen LogP contribution in [0.4, 0.5) is 0 Å². The Labute approximate surface area is 110 Å². The van der Waals surface area contributed by atoms with Crippen LogP contribution in [-0.2, 0) is 18.2 Å². The molecule has 0 fully saturated rings. The maximum absolute atomic E-state index is 10.8. The number of hydrogen-bond acceptors (Lipinski definition) is 4. The van der Waals surface area contributed by atoms with Gasteiger partial charge < -0.3 is 19.2 Å². The minimum Gasteiger partial charge on any atom is -0.545 e. The van der Waals surface area contributed by atoms with Gasteiger partial charge in [0.25, 0.3) is 0 Å². The molecule has 0 atom stereocenters. The zero-order valence-corrected chi connectivity index (χ0v) is 10.1. The number of nitrogens with zero attached hydrogens (tertiary/aromatic N) is 3. The minimum atomic E-state index is -1.21. The molecular formula is C10H12LiN3O3. The van der Waals surface area contributed by atoms with Crippen molar-refractivity contribution in [2.75, 3.05) is 13.7 Å². The third kappa shape index (κ3) is 2.39. The van der Waals surface area contributed by atoms with Crippen molar-refractivity contribution in [3.05, 3.63) is 23.7 Å². The van der Waals surface area contributed by atoms with Crippen LogP contribution >= 0.6 is 0 Å². The van der Waals surface area contributed by atoms with Gasteiger partial charge in [0.1, 0.15) is 5.65 Å². The molecule has 0 saturated heterocycles. The Morgan fingerprint density at radius 1 is 1.59 bits per heavy atom. The Hall–Kier alpha value is -1.22. The standard InChI is InChI=1S/C10H13N3O3.Li/c1-12-7(3-4-16-2)6-13-9(12)8(5-11-13)10(14)15;/h5-6H,3-4H2,1-2H3,(H,14,15);/q;+1/p-1. The molecule has 0 N–H and O–H groups in total. The second-order valence-corrected chi connectivity index (χ2v) is 3.54. The quantitative estimate of drug-likeness (QED) is 0.505. The Kier molecular flexibility index (Phi) is 4.40. The summed E-state index contributed by atoms with van der Waals surface area (Å²) in [6.45, 7) is 0.585. The van der Waals surface area contributed by atoms with E-state index in [1.807, 2.05) is 0 Å². The van der Waals surface area contributed by atoms with Gasteiger partial charge >= 0.3 is 18.9 Å². The van der Waals surface area contributed by atoms with Crippen molar-refractivity contribution in [1.82, 2.24) is 14.2 Å². The van der Waals surface area contributed by atoms with E-state index in [2.05, 4.69) is 5.10 Å². The van der Waals surface area contributed by atoms with Gasteiger partial charge in [-0.3, -0.25) is 0 Å². The topological polar surface area (TPSA) is 71.6 Å². The molecule has 0 aliphatic rings. The Bertz CT molecular complexity index is 532. The van der Waals surface area contributed by atoms with Crippen LogP contribution in [0.2, 0.25) is 0 Å². The number of fused-ring (bicyclic) bond motifs is 1. The van der Waals surface area contributed by atoms with Crippen molar-refractivity contribution in [3.8, 4) is 0 Å². The van der Waals surface area contributed by atoms with E-state index in [4.69, 9.17) is 4.74 Å². The van der Waals surface area contributed by atoms with Crippen molar-refractivity contribution in [1.29, 1.82) is 0 Å². The summed E-state index contributed by atoms with van der Waals surface area (Å²) in [6, 6.07) is 0. The summed E-state index contributed by atoms with van der Waals surface area (Å²) in [6.07, 6.45) is 3.80. The number of hydrogen-bond donors (Lipinski definition) is 0. The van der Waals surface area contributed by atoms with Crippen LogP contribution in [0, 0.1) is 0 Å². The third-order valence-electron chi connectivity index (χ3n) is 2.57. The molecule has 0 amide bonds. The number of carbonyl (C=O) groups excluding carboxylic acids is 1. The molecular weight excluding hydrogens is 217 g/mol. The van der Waals surface area contributed by atoms with Gasteiger partial charge in [-0.05, 0) is 0 Å². The molecule has 0 aliphatic carbocycles. The molecule has 2 rings (SSSR count). The Balaban J connectivity index is 0.00000144. The first-order valence-corrected chi connectivity index (χ1v) is 4.87. The monoisotopic (exact) mass is 229 g/mol. The van der Waals surface area contributed by atoms with Crippen molar-refractivity contribution in [2.24, 2.45) is 7.05 Å². The molecule has 2 aromatic heterocycles. The molecule has 0 radical (unpaired) electrons. The van der Waals surface area contributed by atoms with Crippen LogP contribution in [0.15, 0.2) is 12.4 Å². The predicted molar refractivity (Wildman–Crippen MR) is 54.1 cm³/mol. The first-order valence-electron chi connectivity index (χ1n) is 4.87. The summed E-state index contributed by atoms with van der Waals surface area (Å²) >= 11 is 0. The fraction of sp³-hybridized carbons (Fsp3) is 0.400. The molecule has 0 aliphatic heterocycles. The summed E-state index contributed by atoms with van der Waals surface area (Å²) in [5, 5.41) is 14.8. The first kappa shape index (κ1) is 13.8. The van der Waals surface area contributed by atoms with Gasteiger partial charge in [-0.1, -0.05) is 0 Å². The van der Waals surface area contributed by atoms with E-state index in [0.717, 1.165) is 5.69 Å². The molecule has 17 heavy (non-hydrogen) atoms. The van der Waals surface area contributed by atoms with Gasteiger partial charge in [0.2, 0.25) is 0 Å². The van der Waals surface area contributed by atoms with Gasteiger partial charge in [0.15, 0.2) is 0 Å². The van der Waals surface area contributed by atoms with Crippen molar-refractivity contribution < 1.29 is 33.5 Å². The third-order valence-corrected chi connectivity index (χ3v) is 2.57. The van der Waals surface area contributed by atoms with Crippen molar-refractivity contribution in [3.63, 3.8) is 0 Å². The van der Waals surface area contributed by atoms with Gasteiger partial charge in [-0.2, -0.15) is 5.10 Å². The fourth-order valence-corrected chi connectivity index (χ4v) is 1.73. The van der Waals surface area contributed by atoms with E-state index in [-0.39, 0.29) is 24.4 Å². The first-order chi connectivity index (χ1) is 7.65. The zero-order valence-electron chi connectivity index (χ0n) is 10.1. The van der Waals surface area contributed by atoms with Crippen molar-refractivity contribution in [2.45, 2.75) is 6.42 Å². The number of aromatic carboxylic acids is 1. The predicted octanol–water partition coefficient (Wildman–Crippen LogP) is -3.77. The zero-order chi connectivity index (χ0) is 11.7. The second-order valence-electron chi connectivity index (χ2n) is 3.54. The molecule has 0 bridgehead atoms. The number of rotatable bonds is 4. The number of carboxylic acids is 1. The Morgan fingerprint density at radius 3 is 2.88 bits per heavy atom. The molecule has 7 heteroatoms. The molecule has 0 aromatic carbocycles. The maximum atomic E-state index is 10.8. The van der Waals surface area contributed by atoms with Gasteiger partial charge in [0, 0.05) is 26.3 Å². The number of aryl methyl sites for hydroxylation is 1. The van der Waals surface area contributed by atoms with E-state index >= 15 is 0 Å². The van der Waals surface area contributed by atoms with Gasteiger partial charge in [0.05, 0.1) is 30.5 Å². The molecule has 2 aromatic rings.